The third-order valence-corrected chi connectivity index (χ3v) is 1.30. The van der Waals surface area contributed by atoms with Crippen molar-refractivity contribution in [2.75, 3.05) is 40.4 Å². The summed E-state index contributed by atoms with van der Waals surface area (Å²) < 4.78 is 5.24. The first-order chi connectivity index (χ1) is 5.63. The van der Waals surface area contributed by atoms with E-state index in [1.165, 1.54) is 6.92 Å². The summed E-state index contributed by atoms with van der Waals surface area (Å²) in [5.74, 6) is -0.00814. The van der Waals surface area contributed by atoms with E-state index in [2.05, 4.69) is 10.2 Å². The lowest BCUT2D eigenvalue weighted by Gasteiger charge is -2.09. The fourth-order valence-electron chi connectivity index (χ4n) is 0.648. The van der Waals surface area contributed by atoms with Crippen molar-refractivity contribution in [3.05, 3.63) is 0 Å². The zero-order chi connectivity index (χ0) is 9.40. The van der Waals surface area contributed by atoms with Crippen molar-refractivity contribution in [1.82, 2.24) is 10.2 Å². The molecule has 0 radical (unpaired) electrons. The summed E-state index contributed by atoms with van der Waals surface area (Å²) in [6.07, 6.45) is 0. The van der Waals surface area contributed by atoms with Crippen LogP contribution in [0.1, 0.15) is 6.92 Å². The van der Waals surface area contributed by atoms with Gasteiger partial charge in [-0.15, -0.1) is 0 Å². The first kappa shape index (κ1) is 11.4. The van der Waals surface area contributed by atoms with E-state index in [1.807, 2.05) is 14.1 Å². The normalized spacial score (nSPS) is 10.3. The summed E-state index contributed by atoms with van der Waals surface area (Å²) in [6.45, 7) is 4.32. The molecule has 72 valence electrons. The summed E-state index contributed by atoms with van der Waals surface area (Å²) in [5, 5.41) is 2.66. The largest absolute Gasteiger partial charge is 0.378 e. The van der Waals surface area contributed by atoms with Crippen molar-refractivity contribution in [2.24, 2.45) is 0 Å². The van der Waals surface area contributed by atoms with Gasteiger partial charge in [-0.1, -0.05) is 0 Å². The lowest BCUT2D eigenvalue weighted by atomic mass is 10.6. The van der Waals surface area contributed by atoms with Gasteiger partial charge in [-0.25, -0.2) is 0 Å². The Balaban J connectivity index is 2.96. The van der Waals surface area contributed by atoms with E-state index < -0.39 is 0 Å². The Labute approximate surface area is 73.9 Å². The number of likely N-dealkylation sites (N-methyl/N-ethyl adjacent to an activating group) is 1. The zero-order valence-electron chi connectivity index (χ0n) is 8.09. The zero-order valence-corrected chi connectivity index (χ0v) is 8.09. The predicted molar refractivity (Wildman–Crippen MR) is 48.1 cm³/mol. The second kappa shape index (κ2) is 7.06. The molecule has 0 aromatic heterocycles. The highest BCUT2D eigenvalue weighted by Gasteiger charge is 1.92. The van der Waals surface area contributed by atoms with Crippen LogP contribution in [-0.4, -0.2) is 51.2 Å². The smallest absolute Gasteiger partial charge is 0.216 e. The molecule has 0 spiro atoms. The molecule has 0 aromatic rings. The minimum Gasteiger partial charge on any atom is -0.378 e. The highest BCUT2D eigenvalue weighted by molar-refractivity contribution is 5.72. The quantitative estimate of drug-likeness (QED) is 0.562. The van der Waals surface area contributed by atoms with Crippen molar-refractivity contribution >= 4 is 5.91 Å². The number of nitrogens with zero attached hydrogens (tertiary/aromatic N) is 1. The van der Waals surface area contributed by atoms with Crippen LogP contribution in [0.15, 0.2) is 0 Å². The number of carbonyl (C=O) groups excluding carboxylic acids is 1. The molecule has 0 aliphatic rings. The molecular formula is C8H18N2O2. The first-order valence-corrected chi connectivity index (χ1v) is 4.10. The van der Waals surface area contributed by atoms with Gasteiger partial charge in [0.25, 0.3) is 0 Å². The van der Waals surface area contributed by atoms with E-state index >= 15 is 0 Å². The number of amides is 1. The minimum absolute atomic E-state index is 0.00814. The van der Waals surface area contributed by atoms with Gasteiger partial charge in [-0.05, 0) is 14.1 Å². The topological polar surface area (TPSA) is 41.6 Å². The van der Waals surface area contributed by atoms with Gasteiger partial charge < -0.3 is 15.0 Å². The van der Waals surface area contributed by atoms with Gasteiger partial charge in [0.15, 0.2) is 0 Å². The second-order valence-corrected chi connectivity index (χ2v) is 2.90. The Morgan fingerprint density at radius 3 is 2.58 bits per heavy atom. The maximum atomic E-state index is 10.4. The summed E-state index contributed by atoms with van der Waals surface area (Å²) in [6, 6.07) is 0. The second-order valence-electron chi connectivity index (χ2n) is 2.90. The number of rotatable bonds is 6. The molecule has 0 saturated carbocycles. The van der Waals surface area contributed by atoms with Crippen LogP contribution in [0.2, 0.25) is 0 Å². The van der Waals surface area contributed by atoms with E-state index in [1.54, 1.807) is 0 Å². The molecule has 1 N–H and O–H groups in total. The summed E-state index contributed by atoms with van der Waals surface area (Å²) in [5.41, 5.74) is 0. The van der Waals surface area contributed by atoms with Crippen LogP contribution in [0, 0.1) is 0 Å². The Morgan fingerprint density at radius 1 is 1.42 bits per heavy atom. The van der Waals surface area contributed by atoms with Gasteiger partial charge in [0, 0.05) is 20.0 Å². The van der Waals surface area contributed by atoms with Gasteiger partial charge in [0.1, 0.15) is 0 Å². The van der Waals surface area contributed by atoms with Crippen molar-refractivity contribution in [2.45, 2.75) is 6.92 Å². The fourth-order valence-corrected chi connectivity index (χ4v) is 0.648. The molecule has 0 aromatic carbocycles. The van der Waals surface area contributed by atoms with Crippen LogP contribution in [-0.2, 0) is 9.53 Å². The average molecular weight is 174 g/mol. The lowest BCUT2D eigenvalue weighted by Crippen LogP contribution is -2.26. The maximum absolute atomic E-state index is 10.4. The maximum Gasteiger partial charge on any atom is 0.216 e. The number of hydrogen-bond acceptors (Lipinski definition) is 3. The number of carbonyl (C=O) groups is 1. The van der Waals surface area contributed by atoms with Crippen LogP contribution >= 0.6 is 0 Å². The monoisotopic (exact) mass is 174 g/mol. The number of nitrogens with one attached hydrogen (secondary N) is 1. The van der Waals surface area contributed by atoms with Crippen LogP contribution in [0.5, 0.6) is 0 Å². The van der Waals surface area contributed by atoms with Gasteiger partial charge in [-0.3, -0.25) is 4.79 Å². The lowest BCUT2D eigenvalue weighted by molar-refractivity contribution is -0.119. The van der Waals surface area contributed by atoms with Crippen molar-refractivity contribution < 1.29 is 9.53 Å². The van der Waals surface area contributed by atoms with Gasteiger partial charge in [-0.2, -0.15) is 0 Å². The van der Waals surface area contributed by atoms with E-state index in [9.17, 15) is 4.79 Å². The minimum atomic E-state index is -0.00814. The van der Waals surface area contributed by atoms with E-state index in [4.69, 9.17) is 4.74 Å². The van der Waals surface area contributed by atoms with Gasteiger partial charge in [0.2, 0.25) is 5.91 Å². The van der Waals surface area contributed by atoms with Crippen molar-refractivity contribution in [3.8, 4) is 0 Å². The average Bonchev–Trinajstić information content (AvgIpc) is 1.95. The third-order valence-electron chi connectivity index (χ3n) is 1.30. The molecule has 4 nitrogen and oxygen atoms in total. The molecule has 1 amide bonds. The van der Waals surface area contributed by atoms with E-state index in [0.29, 0.717) is 19.8 Å². The Kier molecular flexibility index (Phi) is 6.70. The van der Waals surface area contributed by atoms with Crippen LogP contribution in [0.4, 0.5) is 0 Å². The molecular weight excluding hydrogens is 156 g/mol. The summed E-state index contributed by atoms with van der Waals surface area (Å²) >= 11 is 0. The molecule has 0 heterocycles. The fraction of sp³-hybridized carbons (Fsp3) is 0.875. The number of hydrogen-bond donors (Lipinski definition) is 1. The highest BCUT2D eigenvalue weighted by atomic mass is 16.5. The standard InChI is InChI=1S/C8H18N2O2/c1-8(11)9-4-6-12-7-5-10(2)3/h4-7H2,1-3H3,(H,9,11). The molecule has 0 unspecified atom stereocenters. The molecule has 0 saturated heterocycles. The highest BCUT2D eigenvalue weighted by Crippen LogP contribution is 1.77. The van der Waals surface area contributed by atoms with Gasteiger partial charge in [0.05, 0.1) is 13.2 Å². The van der Waals surface area contributed by atoms with Crippen molar-refractivity contribution in [3.63, 3.8) is 0 Å². The molecule has 0 atom stereocenters. The molecule has 0 fully saturated rings. The van der Waals surface area contributed by atoms with Crippen LogP contribution in [0.3, 0.4) is 0 Å². The molecule has 0 rings (SSSR count). The molecule has 0 aliphatic heterocycles. The van der Waals surface area contributed by atoms with Crippen LogP contribution < -0.4 is 5.32 Å². The van der Waals surface area contributed by atoms with Crippen molar-refractivity contribution in [1.29, 1.82) is 0 Å². The third kappa shape index (κ3) is 9.39. The number of ether oxygens (including phenoxy) is 1. The molecule has 12 heavy (non-hydrogen) atoms. The SMILES string of the molecule is CC(=O)NCCOCCN(C)C. The predicted octanol–water partition coefficient (Wildman–Crippen LogP) is -0.299. The van der Waals surface area contributed by atoms with E-state index in [-0.39, 0.29) is 5.91 Å². The Bertz CT molecular complexity index is 126. The Morgan fingerprint density at radius 2 is 2.08 bits per heavy atom. The van der Waals surface area contributed by atoms with Crippen LogP contribution in [0.25, 0.3) is 0 Å². The van der Waals surface area contributed by atoms with E-state index in [0.717, 1.165) is 6.54 Å². The molecule has 4 heteroatoms. The summed E-state index contributed by atoms with van der Waals surface area (Å²) in [7, 11) is 3.99. The summed E-state index contributed by atoms with van der Waals surface area (Å²) in [4.78, 5) is 12.5. The molecule has 0 aliphatic carbocycles. The Hall–Kier alpha value is -0.610. The molecule has 0 bridgehead atoms. The van der Waals surface area contributed by atoms with Gasteiger partial charge >= 0.3 is 0 Å². The first-order valence-electron chi connectivity index (χ1n) is 4.10.